The van der Waals surface area contributed by atoms with Gasteiger partial charge in [-0.25, -0.2) is 8.42 Å². The zero-order valence-corrected chi connectivity index (χ0v) is 21.4. The highest BCUT2D eigenvalue weighted by atomic mass is 32.2. The van der Waals surface area contributed by atoms with Crippen LogP contribution in [0.4, 0.5) is 5.69 Å². The number of piperazine rings is 1. The maximum Gasteiger partial charge on any atom is 0.246 e. The number of sulfonamides is 1. The van der Waals surface area contributed by atoms with Crippen molar-refractivity contribution in [1.82, 2.24) is 9.21 Å². The van der Waals surface area contributed by atoms with Crippen molar-refractivity contribution in [2.45, 2.75) is 18.7 Å². The zero-order valence-electron chi connectivity index (χ0n) is 20.6. The van der Waals surface area contributed by atoms with Gasteiger partial charge in [0.15, 0.2) is 0 Å². The van der Waals surface area contributed by atoms with E-state index in [1.807, 2.05) is 4.90 Å². The van der Waals surface area contributed by atoms with Gasteiger partial charge in [0.25, 0.3) is 0 Å². The first-order valence-corrected chi connectivity index (χ1v) is 13.3. The fourth-order valence-corrected chi connectivity index (χ4v) is 6.04. The van der Waals surface area contributed by atoms with Crippen LogP contribution in [0.15, 0.2) is 47.4 Å². The van der Waals surface area contributed by atoms with Crippen LogP contribution in [0.25, 0.3) is 6.08 Å². The van der Waals surface area contributed by atoms with Crippen LogP contribution < -0.4 is 9.64 Å². The second-order valence-corrected chi connectivity index (χ2v) is 10.7. The highest BCUT2D eigenvalue weighted by molar-refractivity contribution is 7.89. The Kier molecular flexibility index (Phi) is 7.78. The van der Waals surface area contributed by atoms with Crippen LogP contribution in [0.5, 0.6) is 5.75 Å². The quantitative estimate of drug-likeness (QED) is 0.569. The van der Waals surface area contributed by atoms with Gasteiger partial charge in [0.2, 0.25) is 15.9 Å². The molecule has 0 spiro atoms. The van der Waals surface area contributed by atoms with E-state index in [0.29, 0.717) is 45.0 Å². The zero-order chi connectivity index (χ0) is 25.0. The second kappa shape index (κ2) is 10.8. The van der Waals surface area contributed by atoms with Gasteiger partial charge in [-0.05, 0) is 54.8 Å². The van der Waals surface area contributed by atoms with Gasteiger partial charge in [0.1, 0.15) is 10.6 Å². The topological polar surface area (TPSA) is 79.4 Å². The van der Waals surface area contributed by atoms with E-state index >= 15 is 0 Å². The van der Waals surface area contributed by atoms with Gasteiger partial charge in [-0.15, -0.1) is 0 Å². The molecule has 4 rings (SSSR count). The van der Waals surface area contributed by atoms with Gasteiger partial charge in [0, 0.05) is 51.0 Å². The van der Waals surface area contributed by atoms with E-state index in [2.05, 4.69) is 36.9 Å². The molecule has 0 aromatic heterocycles. The first kappa shape index (κ1) is 25.2. The predicted octanol–water partition coefficient (Wildman–Crippen LogP) is 2.69. The molecule has 9 heteroatoms. The van der Waals surface area contributed by atoms with Gasteiger partial charge in [0.05, 0.1) is 20.3 Å². The summed E-state index contributed by atoms with van der Waals surface area (Å²) in [5.74, 6) is 0.196. The predicted molar refractivity (Wildman–Crippen MR) is 136 cm³/mol. The summed E-state index contributed by atoms with van der Waals surface area (Å²) < 4.78 is 38.4. The molecule has 0 atom stereocenters. The molecule has 0 saturated carbocycles. The lowest BCUT2D eigenvalue weighted by Gasteiger charge is -2.36. The Morgan fingerprint density at radius 3 is 2.40 bits per heavy atom. The van der Waals surface area contributed by atoms with Crippen molar-refractivity contribution in [2.75, 3.05) is 64.5 Å². The van der Waals surface area contributed by atoms with Crippen LogP contribution in [0, 0.1) is 13.8 Å². The summed E-state index contributed by atoms with van der Waals surface area (Å²) >= 11 is 0. The van der Waals surface area contributed by atoms with Gasteiger partial charge in [-0.2, -0.15) is 4.31 Å². The van der Waals surface area contributed by atoms with Gasteiger partial charge < -0.3 is 19.3 Å². The molecule has 2 aromatic rings. The molecule has 2 aliphatic heterocycles. The number of rotatable bonds is 6. The van der Waals surface area contributed by atoms with Crippen LogP contribution in [-0.2, 0) is 19.6 Å². The number of benzene rings is 2. The molecule has 188 valence electrons. The number of nitrogens with zero attached hydrogens (tertiary/aromatic N) is 3. The minimum Gasteiger partial charge on any atom is -0.495 e. The Labute approximate surface area is 207 Å². The normalized spacial score (nSPS) is 17.7. The minimum absolute atomic E-state index is 0.0842. The molecule has 0 N–H and O–H groups in total. The van der Waals surface area contributed by atoms with Gasteiger partial charge in [-0.3, -0.25) is 4.79 Å². The fraction of sp³-hybridized carbons (Fsp3) is 0.423. The lowest BCUT2D eigenvalue weighted by atomic mass is 10.1. The van der Waals surface area contributed by atoms with Crippen LogP contribution in [0.1, 0.15) is 16.7 Å². The Bertz CT molecular complexity index is 1200. The van der Waals surface area contributed by atoms with E-state index < -0.39 is 10.0 Å². The number of carbonyl (C=O) groups excluding carboxylic acids is 1. The number of hydrogen-bond donors (Lipinski definition) is 0. The van der Waals surface area contributed by atoms with Crippen LogP contribution in [0.2, 0.25) is 0 Å². The van der Waals surface area contributed by atoms with Crippen molar-refractivity contribution in [1.29, 1.82) is 0 Å². The molecule has 0 bridgehead atoms. The van der Waals surface area contributed by atoms with Crippen molar-refractivity contribution in [3.63, 3.8) is 0 Å². The average Bonchev–Trinajstić information content (AvgIpc) is 2.89. The fourth-order valence-electron chi connectivity index (χ4n) is 4.44. The molecule has 0 radical (unpaired) electrons. The van der Waals surface area contributed by atoms with Gasteiger partial charge >= 0.3 is 0 Å². The number of methoxy groups -OCH3 is 1. The second-order valence-electron chi connectivity index (χ2n) is 8.79. The first-order chi connectivity index (χ1) is 16.8. The van der Waals surface area contributed by atoms with Crippen LogP contribution in [0.3, 0.4) is 0 Å². The SMILES string of the molecule is COc1ccc(C=CC(=O)N2CCN(c3cccc(C)c3C)CC2)cc1S(=O)(=O)N1CCOCC1. The molecular weight excluding hydrogens is 466 g/mol. The number of ether oxygens (including phenoxy) is 2. The molecule has 1 amide bonds. The molecule has 2 aliphatic rings. The molecule has 35 heavy (non-hydrogen) atoms. The summed E-state index contributed by atoms with van der Waals surface area (Å²) in [6.45, 7) is 8.40. The summed E-state index contributed by atoms with van der Waals surface area (Å²) in [5.41, 5.74) is 4.38. The molecule has 8 nitrogen and oxygen atoms in total. The number of anilines is 1. The summed E-state index contributed by atoms with van der Waals surface area (Å²) in [6, 6.07) is 11.2. The molecule has 2 heterocycles. The molecule has 2 fully saturated rings. The molecule has 0 unspecified atom stereocenters. The minimum atomic E-state index is -3.73. The smallest absolute Gasteiger partial charge is 0.246 e. The Hall–Kier alpha value is -2.88. The standard InChI is InChI=1S/C26H33N3O5S/c1-20-5-4-6-23(21(20)2)27-11-13-28(14-12-27)26(30)10-8-22-7-9-24(33-3)25(19-22)35(31,32)29-15-17-34-18-16-29/h4-10,19H,11-18H2,1-3H3. The van der Waals surface area contributed by atoms with E-state index in [1.54, 1.807) is 24.3 Å². The van der Waals surface area contributed by atoms with Crippen molar-refractivity contribution in [3.05, 3.63) is 59.2 Å². The average molecular weight is 500 g/mol. The number of aryl methyl sites for hydroxylation is 1. The molecular formula is C26H33N3O5S. The van der Waals surface area contributed by atoms with Crippen molar-refractivity contribution < 1.29 is 22.7 Å². The third-order valence-corrected chi connectivity index (χ3v) is 8.62. The summed E-state index contributed by atoms with van der Waals surface area (Å²) in [6.07, 6.45) is 3.18. The molecule has 2 saturated heterocycles. The van der Waals surface area contributed by atoms with Crippen LogP contribution >= 0.6 is 0 Å². The highest BCUT2D eigenvalue weighted by Crippen LogP contribution is 2.29. The Morgan fingerprint density at radius 2 is 1.71 bits per heavy atom. The summed E-state index contributed by atoms with van der Waals surface area (Å²) in [4.78, 5) is 17.1. The molecule has 0 aliphatic carbocycles. The number of morpholine rings is 1. The third kappa shape index (κ3) is 5.52. The lowest BCUT2D eigenvalue weighted by molar-refractivity contribution is -0.126. The lowest BCUT2D eigenvalue weighted by Crippen LogP contribution is -2.48. The van der Waals surface area contributed by atoms with Crippen LogP contribution in [-0.4, -0.2) is 83.1 Å². The van der Waals surface area contributed by atoms with E-state index in [1.165, 1.54) is 34.3 Å². The molecule has 2 aromatic carbocycles. The Morgan fingerprint density at radius 1 is 1.00 bits per heavy atom. The Balaban J connectivity index is 1.44. The largest absolute Gasteiger partial charge is 0.495 e. The number of hydrogen-bond acceptors (Lipinski definition) is 6. The van der Waals surface area contributed by atoms with Crippen molar-refractivity contribution >= 4 is 27.7 Å². The maximum absolute atomic E-state index is 13.2. The van der Waals surface area contributed by atoms with Gasteiger partial charge in [-0.1, -0.05) is 18.2 Å². The maximum atomic E-state index is 13.2. The number of carbonyl (C=O) groups is 1. The summed E-state index contributed by atoms with van der Waals surface area (Å²) in [5, 5.41) is 0. The monoisotopic (exact) mass is 499 g/mol. The van der Waals surface area contributed by atoms with Crippen molar-refractivity contribution in [3.8, 4) is 5.75 Å². The first-order valence-electron chi connectivity index (χ1n) is 11.9. The van der Waals surface area contributed by atoms with E-state index in [9.17, 15) is 13.2 Å². The highest BCUT2D eigenvalue weighted by Gasteiger charge is 2.29. The summed E-state index contributed by atoms with van der Waals surface area (Å²) in [7, 11) is -2.28. The number of amides is 1. The van der Waals surface area contributed by atoms with Crippen molar-refractivity contribution in [2.24, 2.45) is 0 Å². The van der Waals surface area contributed by atoms with E-state index in [-0.39, 0.29) is 16.6 Å². The third-order valence-electron chi connectivity index (χ3n) is 6.70. The van der Waals surface area contributed by atoms with E-state index in [4.69, 9.17) is 9.47 Å². The van der Waals surface area contributed by atoms with E-state index in [0.717, 1.165) is 13.1 Å².